The molecule has 29 heavy (non-hydrogen) atoms. The molecular formula is C21H33N3O5. The topological polar surface area (TPSA) is 80.3 Å². The maximum absolute atomic E-state index is 12.6. The van der Waals surface area contributed by atoms with Crippen molar-refractivity contribution in [1.29, 1.82) is 0 Å². The fraction of sp³-hybridized carbons (Fsp3) is 0.619. The number of hydrogen-bond donors (Lipinski definition) is 1. The Labute approximate surface area is 173 Å². The molecule has 0 unspecified atom stereocenters. The predicted octanol–water partition coefficient (Wildman–Crippen LogP) is 0.933. The number of nitrogens with zero attached hydrogens (tertiary/aromatic N) is 2. The number of carbonyl (C=O) groups excluding carboxylic acids is 2. The molecule has 8 heteroatoms. The van der Waals surface area contributed by atoms with Crippen LogP contribution in [-0.4, -0.2) is 88.8 Å². The van der Waals surface area contributed by atoms with Crippen molar-refractivity contribution >= 4 is 11.8 Å². The van der Waals surface area contributed by atoms with Crippen LogP contribution in [0.2, 0.25) is 0 Å². The number of ether oxygens (including phenoxy) is 3. The summed E-state index contributed by atoms with van der Waals surface area (Å²) in [7, 11) is 4.86. The van der Waals surface area contributed by atoms with Gasteiger partial charge in [0.25, 0.3) is 0 Å². The van der Waals surface area contributed by atoms with Crippen LogP contribution in [0.15, 0.2) is 18.2 Å². The molecule has 8 nitrogen and oxygen atoms in total. The average molecular weight is 408 g/mol. The van der Waals surface area contributed by atoms with Crippen molar-refractivity contribution in [1.82, 2.24) is 15.1 Å². The fourth-order valence-corrected chi connectivity index (χ4v) is 3.41. The summed E-state index contributed by atoms with van der Waals surface area (Å²) in [6.07, 6.45) is 1.83. The molecule has 2 amide bonds. The highest BCUT2D eigenvalue weighted by Gasteiger charge is 2.22. The van der Waals surface area contributed by atoms with Gasteiger partial charge in [0.05, 0.1) is 20.8 Å². The lowest BCUT2D eigenvalue weighted by molar-refractivity contribution is -0.133. The van der Waals surface area contributed by atoms with Gasteiger partial charge in [0.15, 0.2) is 11.5 Å². The molecule has 0 aromatic heterocycles. The number of benzene rings is 1. The normalized spacial score (nSPS) is 14.5. The van der Waals surface area contributed by atoms with Crippen LogP contribution in [0, 0.1) is 0 Å². The Bertz CT molecular complexity index is 660. The van der Waals surface area contributed by atoms with Crippen LogP contribution < -0.4 is 14.8 Å². The summed E-state index contributed by atoms with van der Waals surface area (Å²) in [4.78, 5) is 28.5. The van der Waals surface area contributed by atoms with E-state index in [0.29, 0.717) is 70.2 Å². The molecule has 1 heterocycles. The minimum Gasteiger partial charge on any atom is -0.493 e. The van der Waals surface area contributed by atoms with Crippen molar-refractivity contribution in [2.75, 3.05) is 67.2 Å². The lowest BCUT2D eigenvalue weighted by Crippen LogP contribution is -2.51. The summed E-state index contributed by atoms with van der Waals surface area (Å²) >= 11 is 0. The predicted molar refractivity (Wildman–Crippen MR) is 110 cm³/mol. The summed E-state index contributed by atoms with van der Waals surface area (Å²) in [6.45, 7) is 4.34. The zero-order valence-electron chi connectivity index (χ0n) is 17.7. The van der Waals surface area contributed by atoms with E-state index in [1.54, 1.807) is 21.3 Å². The molecule has 1 aliphatic rings. The van der Waals surface area contributed by atoms with E-state index in [-0.39, 0.29) is 11.8 Å². The van der Waals surface area contributed by atoms with Crippen LogP contribution >= 0.6 is 0 Å². The van der Waals surface area contributed by atoms with Crippen molar-refractivity contribution in [3.05, 3.63) is 23.8 Å². The third kappa shape index (κ3) is 7.21. The first-order chi connectivity index (χ1) is 14.1. The van der Waals surface area contributed by atoms with E-state index in [2.05, 4.69) is 10.2 Å². The highest BCUT2D eigenvalue weighted by molar-refractivity contribution is 5.78. The molecule has 0 atom stereocenters. The molecule has 1 N–H and O–H groups in total. The highest BCUT2D eigenvalue weighted by atomic mass is 16.5. The molecule has 1 aliphatic heterocycles. The minimum atomic E-state index is 0.0194. The standard InChI is InChI=1S/C21H33N3O5/c1-27-15-5-10-22-19(25)16-23-11-13-24(14-12-23)20(26)9-8-17-6-4-7-18(28-2)21(17)29-3/h4,6-7H,5,8-16H2,1-3H3,(H,22,25). The first kappa shape index (κ1) is 23.0. The maximum atomic E-state index is 12.6. The first-order valence-corrected chi connectivity index (χ1v) is 10.0. The molecule has 0 radical (unpaired) electrons. The molecule has 0 saturated carbocycles. The molecule has 2 rings (SSSR count). The average Bonchev–Trinajstić information content (AvgIpc) is 2.75. The molecule has 162 valence electrons. The summed E-state index contributed by atoms with van der Waals surface area (Å²) in [5.74, 6) is 1.50. The number of nitrogens with one attached hydrogen (secondary N) is 1. The molecule has 1 fully saturated rings. The second-order valence-electron chi connectivity index (χ2n) is 7.01. The Balaban J connectivity index is 1.73. The largest absolute Gasteiger partial charge is 0.493 e. The molecular weight excluding hydrogens is 374 g/mol. The van der Waals surface area contributed by atoms with Crippen LogP contribution in [0.5, 0.6) is 11.5 Å². The van der Waals surface area contributed by atoms with Gasteiger partial charge in [0.1, 0.15) is 0 Å². The van der Waals surface area contributed by atoms with Gasteiger partial charge in [0.2, 0.25) is 11.8 Å². The van der Waals surface area contributed by atoms with E-state index in [4.69, 9.17) is 14.2 Å². The lowest BCUT2D eigenvalue weighted by atomic mass is 10.1. The van der Waals surface area contributed by atoms with Crippen molar-refractivity contribution in [2.45, 2.75) is 19.3 Å². The lowest BCUT2D eigenvalue weighted by Gasteiger charge is -2.34. The van der Waals surface area contributed by atoms with E-state index < -0.39 is 0 Å². The van der Waals surface area contributed by atoms with Crippen molar-refractivity contribution in [3.8, 4) is 11.5 Å². The number of hydrogen-bond acceptors (Lipinski definition) is 6. The Morgan fingerprint density at radius 3 is 2.48 bits per heavy atom. The van der Waals surface area contributed by atoms with E-state index >= 15 is 0 Å². The van der Waals surface area contributed by atoms with Gasteiger partial charge in [0, 0.05) is 52.9 Å². The van der Waals surface area contributed by atoms with Crippen molar-refractivity contribution in [3.63, 3.8) is 0 Å². The molecule has 0 bridgehead atoms. The summed E-state index contributed by atoms with van der Waals surface area (Å²) < 4.78 is 15.7. The number of carbonyl (C=O) groups is 2. The molecule has 1 saturated heterocycles. The first-order valence-electron chi connectivity index (χ1n) is 10.0. The van der Waals surface area contributed by atoms with Crippen LogP contribution in [0.4, 0.5) is 0 Å². The second kappa shape index (κ2) is 12.3. The zero-order valence-corrected chi connectivity index (χ0v) is 17.7. The molecule has 1 aromatic carbocycles. The van der Waals surface area contributed by atoms with Crippen LogP contribution in [-0.2, 0) is 20.7 Å². The van der Waals surface area contributed by atoms with Gasteiger partial charge in [-0.25, -0.2) is 0 Å². The summed E-state index contributed by atoms with van der Waals surface area (Å²) in [6, 6.07) is 5.70. The monoisotopic (exact) mass is 407 g/mol. The van der Waals surface area contributed by atoms with Gasteiger partial charge in [-0.05, 0) is 24.5 Å². The number of methoxy groups -OCH3 is 3. The second-order valence-corrected chi connectivity index (χ2v) is 7.01. The summed E-state index contributed by atoms with van der Waals surface area (Å²) in [5.41, 5.74) is 0.962. The Kier molecular flexibility index (Phi) is 9.73. The van der Waals surface area contributed by atoms with Crippen molar-refractivity contribution in [2.24, 2.45) is 0 Å². The van der Waals surface area contributed by atoms with Gasteiger partial charge in [-0.3, -0.25) is 14.5 Å². The van der Waals surface area contributed by atoms with Crippen LogP contribution in [0.1, 0.15) is 18.4 Å². The number of para-hydroxylation sites is 1. The summed E-state index contributed by atoms with van der Waals surface area (Å²) in [5, 5.41) is 2.89. The third-order valence-electron chi connectivity index (χ3n) is 5.03. The van der Waals surface area contributed by atoms with Gasteiger partial charge in [-0.15, -0.1) is 0 Å². The molecule has 0 spiro atoms. The van der Waals surface area contributed by atoms with Crippen LogP contribution in [0.25, 0.3) is 0 Å². The molecule has 0 aliphatic carbocycles. The fourth-order valence-electron chi connectivity index (χ4n) is 3.41. The van der Waals surface area contributed by atoms with Gasteiger partial charge in [-0.1, -0.05) is 12.1 Å². The molecule has 1 aromatic rings. The number of piperazine rings is 1. The highest BCUT2D eigenvalue weighted by Crippen LogP contribution is 2.31. The minimum absolute atomic E-state index is 0.0194. The Morgan fingerprint density at radius 2 is 1.83 bits per heavy atom. The van der Waals surface area contributed by atoms with E-state index in [0.717, 1.165) is 12.0 Å². The number of amides is 2. The number of aryl methyl sites for hydroxylation is 1. The third-order valence-corrected chi connectivity index (χ3v) is 5.03. The Hall–Kier alpha value is -2.32. The van der Waals surface area contributed by atoms with Gasteiger partial charge >= 0.3 is 0 Å². The van der Waals surface area contributed by atoms with Gasteiger partial charge in [-0.2, -0.15) is 0 Å². The number of rotatable bonds is 11. The van der Waals surface area contributed by atoms with Crippen LogP contribution in [0.3, 0.4) is 0 Å². The Morgan fingerprint density at radius 1 is 1.07 bits per heavy atom. The SMILES string of the molecule is COCCCNC(=O)CN1CCN(C(=O)CCc2cccc(OC)c2OC)CC1. The van der Waals surface area contributed by atoms with Gasteiger partial charge < -0.3 is 24.4 Å². The maximum Gasteiger partial charge on any atom is 0.234 e. The zero-order chi connectivity index (χ0) is 21.1. The van der Waals surface area contributed by atoms with E-state index in [9.17, 15) is 9.59 Å². The van der Waals surface area contributed by atoms with E-state index in [1.165, 1.54) is 0 Å². The van der Waals surface area contributed by atoms with Crippen molar-refractivity contribution < 1.29 is 23.8 Å². The smallest absolute Gasteiger partial charge is 0.234 e. The van der Waals surface area contributed by atoms with E-state index in [1.807, 2.05) is 23.1 Å². The quantitative estimate of drug-likeness (QED) is 0.550.